The number of aromatic nitrogens is 2. The van der Waals surface area contributed by atoms with Gasteiger partial charge in [-0.15, -0.1) is 0 Å². The molecule has 4 rings (SSSR count). The first kappa shape index (κ1) is 17.5. The van der Waals surface area contributed by atoms with Crippen LogP contribution in [-0.2, 0) is 18.4 Å². The Kier molecular flexibility index (Phi) is 4.49. The monoisotopic (exact) mass is 355 g/mol. The van der Waals surface area contributed by atoms with Crippen molar-refractivity contribution in [2.45, 2.75) is 31.8 Å². The SMILES string of the molecule is CN(Cc1nc2ccccc2n1C)C(=O)C1CC2(CCNCC2)CN1C. The number of likely N-dealkylation sites (tertiary alicyclic amines) is 1. The topological polar surface area (TPSA) is 53.4 Å². The summed E-state index contributed by atoms with van der Waals surface area (Å²) in [5, 5.41) is 3.44. The van der Waals surface area contributed by atoms with Gasteiger partial charge in [0.2, 0.25) is 5.91 Å². The van der Waals surface area contributed by atoms with E-state index < -0.39 is 0 Å². The molecule has 2 aromatic rings. The average Bonchev–Trinajstić information content (AvgIpc) is 3.12. The highest BCUT2D eigenvalue weighted by atomic mass is 16.2. The lowest BCUT2D eigenvalue weighted by molar-refractivity contribution is -0.135. The van der Waals surface area contributed by atoms with E-state index in [1.54, 1.807) is 0 Å². The molecule has 1 aromatic carbocycles. The number of imidazole rings is 1. The minimum atomic E-state index is -0.00668. The van der Waals surface area contributed by atoms with Crippen LogP contribution in [0.15, 0.2) is 24.3 Å². The zero-order valence-electron chi connectivity index (χ0n) is 16.0. The van der Waals surface area contributed by atoms with Crippen LogP contribution >= 0.6 is 0 Å². The number of para-hydroxylation sites is 2. The maximum atomic E-state index is 13.1. The molecule has 2 aliphatic heterocycles. The van der Waals surface area contributed by atoms with Crippen LogP contribution in [0.25, 0.3) is 11.0 Å². The Morgan fingerprint density at radius 1 is 1.31 bits per heavy atom. The van der Waals surface area contributed by atoms with Crippen LogP contribution in [0.2, 0.25) is 0 Å². The number of hydrogen-bond donors (Lipinski definition) is 1. The van der Waals surface area contributed by atoms with Crippen molar-refractivity contribution >= 4 is 16.9 Å². The molecule has 0 saturated carbocycles. The van der Waals surface area contributed by atoms with Crippen molar-refractivity contribution in [3.05, 3.63) is 30.1 Å². The van der Waals surface area contributed by atoms with Crippen LogP contribution in [0.5, 0.6) is 0 Å². The number of aryl methyl sites for hydroxylation is 1. The Morgan fingerprint density at radius 3 is 2.77 bits per heavy atom. The zero-order chi connectivity index (χ0) is 18.3. The predicted octanol–water partition coefficient (Wildman–Crippen LogP) is 1.61. The summed E-state index contributed by atoms with van der Waals surface area (Å²) in [5.41, 5.74) is 2.41. The van der Waals surface area contributed by atoms with Gasteiger partial charge in [0, 0.05) is 20.6 Å². The lowest BCUT2D eigenvalue weighted by Crippen LogP contribution is -2.42. The number of nitrogens with zero attached hydrogens (tertiary/aromatic N) is 4. The van der Waals surface area contributed by atoms with Crippen molar-refractivity contribution in [3.63, 3.8) is 0 Å². The van der Waals surface area contributed by atoms with E-state index in [1.165, 1.54) is 12.8 Å². The van der Waals surface area contributed by atoms with Gasteiger partial charge in [0.25, 0.3) is 0 Å². The standard InChI is InChI=1S/C20H29N5O/c1-23(13-18-22-15-6-4-5-7-16(15)25(18)3)19(26)17-12-20(14-24(17)2)8-10-21-11-9-20/h4-7,17,21H,8-14H2,1-3H3. The normalized spacial score (nSPS) is 23.0. The van der Waals surface area contributed by atoms with Gasteiger partial charge in [-0.25, -0.2) is 4.98 Å². The predicted molar refractivity (Wildman–Crippen MR) is 103 cm³/mol. The van der Waals surface area contributed by atoms with E-state index in [0.717, 1.165) is 42.9 Å². The van der Waals surface area contributed by atoms with Crippen LogP contribution < -0.4 is 5.32 Å². The van der Waals surface area contributed by atoms with Gasteiger partial charge in [-0.3, -0.25) is 9.69 Å². The molecule has 1 N–H and O–H groups in total. The molecular formula is C20H29N5O. The number of benzene rings is 1. The molecular weight excluding hydrogens is 326 g/mol. The molecule has 3 heterocycles. The van der Waals surface area contributed by atoms with Crippen LogP contribution in [0.3, 0.4) is 0 Å². The minimum absolute atomic E-state index is 0.00668. The maximum absolute atomic E-state index is 13.1. The van der Waals surface area contributed by atoms with E-state index in [4.69, 9.17) is 4.98 Å². The molecule has 26 heavy (non-hydrogen) atoms. The third-order valence-electron chi connectivity index (χ3n) is 6.33. The summed E-state index contributed by atoms with van der Waals surface area (Å²) in [6.45, 7) is 3.73. The summed E-state index contributed by atoms with van der Waals surface area (Å²) >= 11 is 0. The second-order valence-electron chi connectivity index (χ2n) is 8.16. The molecule has 2 saturated heterocycles. The second-order valence-corrected chi connectivity index (χ2v) is 8.16. The van der Waals surface area contributed by atoms with Gasteiger partial charge >= 0.3 is 0 Å². The van der Waals surface area contributed by atoms with Crippen molar-refractivity contribution in [3.8, 4) is 0 Å². The van der Waals surface area contributed by atoms with Gasteiger partial charge in [0.15, 0.2) is 0 Å². The molecule has 6 heteroatoms. The molecule has 1 atom stereocenters. The minimum Gasteiger partial charge on any atom is -0.337 e. The number of rotatable bonds is 3. The van der Waals surface area contributed by atoms with Crippen LogP contribution in [0, 0.1) is 5.41 Å². The molecule has 0 bridgehead atoms. The highest BCUT2D eigenvalue weighted by Gasteiger charge is 2.46. The Labute approximate surface area is 155 Å². The molecule has 1 amide bonds. The Hall–Kier alpha value is -1.92. The number of piperidine rings is 1. The van der Waals surface area contributed by atoms with E-state index in [1.807, 2.05) is 37.2 Å². The van der Waals surface area contributed by atoms with Crippen LogP contribution in [0.1, 0.15) is 25.1 Å². The van der Waals surface area contributed by atoms with Gasteiger partial charge in [-0.1, -0.05) is 12.1 Å². The Balaban J connectivity index is 1.48. The summed E-state index contributed by atoms with van der Waals surface area (Å²) in [7, 11) is 6.03. The maximum Gasteiger partial charge on any atom is 0.240 e. The fraction of sp³-hybridized carbons (Fsp3) is 0.600. The van der Waals surface area contributed by atoms with Crippen molar-refractivity contribution in [2.75, 3.05) is 33.7 Å². The van der Waals surface area contributed by atoms with Gasteiger partial charge in [0.1, 0.15) is 5.82 Å². The zero-order valence-corrected chi connectivity index (χ0v) is 16.0. The molecule has 0 aliphatic carbocycles. The fourth-order valence-corrected chi connectivity index (χ4v) is 4.75. The second kappa shape index (κ2) is 6.67. The van der Waals surface area contributed by atoms with Gasteiger partial charge in [-0.05, 0) is 56.9 Å². The van der Waals surface area contributed by atoms with Crippen molar-refractivity contribution in [2.24, 2.45) is 12.5 Å². The summed E-state index contributed by atoms with van der Waals surface area (Å²) < 4.78 is 2.09. The van der Waals surface area contributed by atoms with E-state index in [2.05, 4.69) is 27.9 Å². The third-order valence-corrected chi connectivity index (χ3v) is 6.33. The number of fused-ring (bicyclic) bond motifs is 1. The quantitative estimate of drug-likeness (QED) is 0.909. The molecule has 1 spiro atoms. The lowest BCUT2D eigenvalue weighted by atomic mass is 9.77. The number of hydrogen-bond acceptors (Lipinski definition) is 4. The third kappa shape index (κ3) is 3.01. The number of amides is 1. The van der Waals surface area contributed by atoms with Crippen LogP contribution in [0.4, 0.5) is 0 Å². The highest BCUT2D eigenvalue weighted by Crippen LogP contribution is 2.41. The lowest BCUT2D eigenvalue weighted by Gasteiger charge is -2.33. The van der Waals surface area contributed by atoms with Crippen LogP contribution in [-0.4, -0.2) is 65.0 Å². The van der Waals surface area contributed by atoms with Gasteiger partial charge < -0.3 is 14.8 Å². The highest BCUT2D eigenvalue weighted by molar-refractivity contribution is 5.82. The molecule has 2 aliphatic rings. The molecule has 1 unspecified atom stereocenters. The average molecular weight is 355 g/mol. The van der Waals surface area contributed by atoms with E-state index in [0.29, 0.717) is 12.0 Å². The smallest absolute Gasteiger partial charge is 0.240 e. The largest absolute Gasteiger partial charge is 0.337 e. The number of likely N-dealkylation sites (N-methyl/N-ethyl adjacent to an activating group) is 2. The Morgan fingerprint density at radius 2 is 2.04 bits per heavy atom. The number of nitrogens with one attached hydrogen (secondary N) is 1. The summed E-state index contributed by atoms with van der Waals surface area (Å²) in [6, 6.07) is 8.10. The molecule has 0 radical (unpaired) electrons. The molecule has 2 fully saturated rings. The van der Waals surface area contributed by atoms with Crippen molar-refractivity contribution in [1.29, 1.82) is 0 Å². The summed E-state index contributed by atoms with van der Waals surface area (Å²) in [6.07, 6.45) is 3.34. The van der Waals surface area contributed by atoms with E-state index in [9.17, 15) is 4.79 Å². The molecule has 6 nitrogen and oxygen atoms in total. The number of carbonyl (C=O) groups is 1. The molecule has 1 aromatic heterocycles. The summed E-state index contributed by atoms with van der Waals surface area (Å²) in [4.78, 5) is 22.0. The fourth-order valence-electron chi connectivity index (χ4n) is 4.75. The van der Waals surface area contributed by atoms with Gasteiger partial charge in [-0.2, -0.15) is 0 Å². The Bertz CT molecular complexity index is 808. The number of carbonyl (C=O) groups excluding carboxylic acids is 1. The van der Waals surface area contributed by atoms with E-state index in [-0.39, 0.29) is 11.9 Å². The first-order chi connectivity index (χ1) is 12.5. The summed E-state index contributed by atoms with van der Waals surface area (Å²) in [5.74, 6) is 1.15. The first-order valence-electron chi connectivity index (χ1n) is 9.55. The van der Waals surface area contributed by atoms with Crippen molar-refractivity contribution < 1.29 is 4.79 Å². The molecule has 140 valence electrons. The van der Waals surface area contributed by atoms with Crippen molar-refractivity contribution in [1.82, 2.24) is 24.7 Å². The van der Waals surface area contributed by atoms with E-state index >= 15 is 0 Å². The van der Waals surface area contributed by atoms with Gasteiger partial charge in [0.05, 0.1) is 23.6 Å². The first-order valence-corrected chi connectivity index (χ1v) is 9.55.